The summed E-state index contributed by atoms with van der Waals surface area (Å²) in [6, 6.07) is 3.08. The minimum atomic E-state index is -4.61. The molecule has 0 N–H and O–H groups in total. The molecule has 1 aromatic carbocycles. The topological polar surface area (TPSA) is 114 Å². The average molecular weight is 250 g/mol. The first-order valence-electron chi connectivity index (χ1n) is 3.23. The van der Waals surface area contributed by atoms with Crippen molar-refractivity contribution >= 4 is 20.2 Å². The monoisotopic (exact) mass is 250 g/mol. The van der Waals surface area contributed by atoms with E-state index < -0.39 is 30.0 Å². The van der Waals surface area contributed by atoms with Crippen molar-refractivity contribution in [2.75, 3.05) is 0 Å². The van der Waals surface area contributed by atoms with Crippen LogP contribution in [0.25, 0.3) is 0 Å². The molecule has 16 heavy (non-hydrogen) atoms. The summed E-state index contributed by atoms with van der Waals surface area (Å²) in [6.07, 6.45) is 0. The molecule has 0 aromatic heterocycles. The van der Waals surface area contributed by atoms with Crippen LogP contribution in [0, 0.1) is 0 Å². The fourth-order valence-corrected chi connectivity index (χ4v) is 1.71. The molecule has 10 heteroatoms. The fourth-order valence-electron chi connectivity index (χ4n) is 0.773. The van der Waals surface area contributed by atoms with Gasteiger partial charge >= 0.3 is 37.7 Å². The van der Waals surface area contributed by atoms with Gasteiger partial charge in [0.05, 0.1) is 9.79 Å². The van der Waals surface area contributed by atoms with E-state index in [9.17, 15) is 25.9 Å². The maximum Gasteiger partial charge on any atom is 1.00 e. The van der Waals surface area contributed by atoms with Gasteiger partial charge in [-0.05, 0) is 24.3 Å². The van der Waals surface area contributed by atoms with Gasteiger partial charge in [0.15, 0.2) is 0 Å². The molecule has 0 unspecified atom stereocenters. The Labute approximate surface area is 117 Å². The minimum absolute atomic E-state index is 0. The molecule has 0 saturated carbocycles. The second-order valence-corrected chi connectivity index (χ2v) is 5.14. The number of benzene rings is 1. The van der Waals surface area contributed by atoms with E-state index in [4.69, 9.17) is 0 Å². The van der Waals surface area contributed by atoms with Crippen LogP contribution in [0.15, 0.2) is 34.1 Å². The van der Waals surface area contributed by atoms with E-state index in [2.05, 4.69) is 0 Å². The molecule has 1 rings (SSSR count). The van der Waals surface area contributed by atoms with E-state index >= 15 is 0 Å². The summed E-state index contributed by atoms with van der Waals surface area (Å²) in [7, 11) is -9.22. The van der Waals surface area contributed by atoms with Gasteiger partial charge in [-0.3, -0.25) is 0 Å². The SMILES string of the molecule is O=S(=O)([O-])c1ccc(S(=O)(=O)[O-])cc1.[Li+].[Li+]. The van der Waals surface area contributed by atoms with Crippen LogP contribution in [0.4, 0.5) is 0 Å². The summed E-state index contributed by atoms with van der Waals surface area (Å²) in [5.74, 6) is 0. The summed E-state index contributed by atoms with van der Waals surface area (Å²) >= 11 is 0. The molecule has 0 bridgehead atoms. The number of hydrogen-bond donors (Lipinski definition) is 0. The van der Waals surface area contributed by atoms with Crippen molar-refractivity contribution < 1.29 is 63.7 Å². The van der Waals surface area contributed by atoms with Gasteiger partial charge in [-0.2, -0.15) is 0 Å². The third kappa shape index (κ3) is 5.04. The molecular weight excluding hydrogens is 246 g/mol. The van der Waals surface area contributed by atoms with Gasteiger partial charge in [0.25, 0.3) is 0 Å². The van der Waals surface area contributed by atoms with Gasteiger partial charge in [-0.25, -0.2) is 16.8 Å². The quantitative estimate of drug-likeness (QED) is 0.381. The van der Waals surface area contributed by atoms with Gasteiger partial charge in [0.1, 0.15) is 20.2 Å². The Morgan fingerprint density at radius 3 is 1.00 bits per heavy atom. The molecule has 0 saturated heterocycles. The Morgan fingerprint density at radius 1 is 0.688 bits per heavy atom. The zero-order valence-corrected chi connectivity index (χ0v) is 10.2. The zero-order valence-electron chi connectivity index (χ0n) is 8.58. The van der Waals surface area contributed by atoms with Crippen LogP contribution >= 0.6 is 0 Å². The second kappa shape index (κ2) is 6.24. The van der Waals surface area contributed by atoms with Gasteiger partial charge in [0.2, 0.25) is 0 Å². The molecule has 6 nitrogen and oxygen atoms in total. The Bertz CT molecular complexity index is 482. The molecule has 0 aliphatic carbocycles. The van der Waals surface area contributed by atoms with Crippen molar-refractivity contribution in [3.8, 4) is 0 Å². The van der Waals surface area contributed by atoms with E-state index in [1.807, 2.05) is 0 Å². The molecule has 0 heterocycles. The maximum absolute atomic E-state index is 10.4. The van der Waals surface area contributed by atoms with Crippen molar-refractivity contribution in [2.24, 2.45) is 0 Å². The van der Waals surface area contributed by atoms with E-state index in [0.717, 1.165) is 24.3 Å². The van der Waals surface area contributed by atoms with Crippen molar-refractivity contribution in [2.45, 2.75) is 9.79 Å². The number of rotatable bonds is 2. The van der Waals surface area contributed by atoms with E-state index in [-0.39, 0.29) is 37.7 Å². The molecule has 0 fully saturated rings. The van der Waals surface area contributed by atoms with Gasteiger partial charge in [-0.1, -0.05) is 0 Å². The summed E-state index contributed by atoms with van der Waals surface area (Å²) in [4.78, 5) is -1.16. The summed E-state index contributed by atoms with van der Waals surface area (Å²) in [5, 5.41) is 0. The summed E-state index contributed by atoms with van der Waals surface area (Å²) < 4.78 is 62.5. The zero-order chi connectivity index (χ0) is 11.0. The van der Waals surface area contributed by atoms with Crippen LogP contribution in [-0.4, -0.2) is 25.9 Å². The predicted octanol–water partition coefficient (Wildman–Crippen LogP) is -6.50. The third-order valence-electron chi connectivity index (χ3n) is 1.40. The first-order valence-corrected chi connectivity index (χ1v) is 6.05. The van der Waals surface area contributed by atoms with Crippen molar-refractivity contribution in [3.63, 3.8) is 0 Å². The van der Waals surface area contributed by atoms with Crippen LogP contribution in [0.5, 0.6) is 0 Å². The van der Waals surface area contributed by atoms with Crippen LogP contribution in [0.3, 0.4) is 0 Å². The molecule has 0 aliphatic rings. The van der Waals surface area contributed by atoms with Crippen molar-refractivity contribution in [1.29, 1.82) is 0 Å². The minimum Gasteiger partial charge on any atom is -0.744 e. The molecule has 0 amide bonds. The third-order valence-corrected chi connectivity index (χ3v) is 3.10. The fraction of sp³-hybridized carbons (Fsp3) is 0. The summed E-state index contributed by atoms with van der Waals surface area (Å²) in [5.41, 5.74) is 0. The average Bonchev–Trinajstić information content (AvgIpc) is 2.01. The molecule has 1 aromatic rings. The second-order valence-electron chi connectivity index (χ2n) is 2.38. The first kappa shape index (κ1) is 18.6. The largest absolute Gasteiger partial charge is 1.00 e. The smallest absolute Gasteiger partial charge is 0.744 e. The van der Waals surface area contributed by atoms with Crippen molar-refractivity contribution in [3.05, 3.63) is 24.3 Å². The first-order chi connectivity index (χ1) is 6.21. The Hall–Kier alpha value is 0.235. The van der Waals surface area contributed by atoms with Crippen LogP contribution in [-0.2, 0) is 20.2 Å². The van der Waals surface area contributed by atoms with Gasteiger partial charge < -0.3 is 9.11 Å². The molecule has 0 atom stereocenters. The molecular formula is C6H4Li2O6S2. The van der Waals surface area contributed by atoms with Gasteiger partial charge in [0, 0.05) is 0 Å². The Kier molecular flexibility index (Phi) is 7.26. The normalized spacial score (nSPS) is 11.1. The van der Waals surface area contributed by atoms with Crippen LogP contribution in [0.2, 0.25) is 0 Å². The van der Waals surface area contributed by atoms with E-state index in [1.165, 1.54) is 0 Å². The van der Waals surface area contributed by atoms with E-state index in [0.29, 0.717) is 0 Å². The molecule has 0 radical (unpaired) electrons. The number of hydrogen-bond acceptors (Lipinski definition) is 6. The van der Waals surface area contributed by atoms with Crippen LogP contribution in [0.1, 0.15) is 0 Å². The standard InChI is InChI=1S/C6H6O6S2.2Li/c7-13(8,9)5-1-2-6(4-3-5)14(10,11)12;;/h1-4H,(H,7,8,9)(H,10,11,12);;/q;2*+1/p-2. The Morgan fingerprint density at radius 2 is 0.875 bits per heavy atom. The predicted molar refractivity (Wildman–Crippen MR) is 42.4 cm³/mol. The van der Waals surface area contributed by atoms with Crippen molar-refractivity contribution in [1.82, 2.24) is 0 Å². The Balaban J connectivity index is 0. The van der Waals surface area contributed by atoms with E-state index in [1.54, 1.807) is 0 Å². The van der Waals surface area contributed by atoms with Gasteiger partial charge in [-0.15, -0.1) is 0 Å². The molecule has 0 spiro atoms. The molecule has 0 aliphatic heterocycles. The summed E-state index contributed by atoms with van der Waals surface area (Å²) in [6.45, 7) is 0. The molecule has 78 valence electrons. The maximum atomic E-state index is 10.4. The van der Waals surface area contributed by atoms with Crippen LogP contribution < -0.4 is 37.7 Å².